The lowest BCUT2D eigenvalue weighted by atomic mass is 10.4. The van der Waals surface area contributed by atoms with Gasteiger partial charge in [-0.05, 0) is 18.2 Å². The second-order valence-corrected chi connectivity index (χ2v) is 6.79. The fourth-order valence-corrected chi connectivity index (χ4v) is 2.45. The Labute approximate surface area is 109 Å². The molecule has 0 spiro atoms. The van der Waals surface area contributed by atoms with E-state index in [4.69, 9.17) is 23.2 Å². The van der Waals surface area contributed by atoms with Gasteiger partial charge in [0.2, 0.25) is 0 Å². The van der Waals surface area contributed by atoms with E-state index >= 15 is 0 Å². The Balaban J connectivity index is 0.000000385. The van der Waals surface area contributed by atoms with Crippen LogP contribution in [0.4, 0.5) is 0 Å². The second kappa shape index (κ2) is 6.67. The molecule has 0 atom stereocenters. The van der Waals surface area contributed by atoms with Crippen LogP contribution in [0.5, 0.6) is 0 Å². The van der Waals surface area contributed by atoms with Crippen LogP contribution < -0.4 is 10.3 Å². The van der Waals surface area contributed by atoms with Gasteiger partial charge in [0.05, 0.1) is 8.59 Å². The van der Waals surface area contributed by atoms with E-state index in [1.165, 1.54) is 18.2 Å². The summed E-state index contributed by atoms with van der Waals surface area (Å²) < 4.78 is 39.6. The monoisotopic (exact) mass is 400 g/mol. The lowest BCUT2D eigenvalue weighted by Gasteiger charge is -1.93. The minimum Gasteiger partial charge on any atom is -0.230 e. The molecule has 10 heteroatoms. The van der Waals surface area contributed by atoms with E-state index in [0.717, 1.165) is 0 Å². The Bertz CT molecular complexity index is 527. The molecule has 4 N–H and O–H groups in total. The highest BCUT2D eigenvalue weighted by molar-refractivity contribution is 14.2. The number of halogens is 3. The Hall–Kier alpha value is -0.000000000000000111. The van der Waals surface area contributed by atoms with Gasteiger partial charge in [-0.2, -0.15) is 8.42 Å². The van der Waals surface area contributed by atoms with Crippen molar-refractivity contribution in [3.05, 3.63) is 31.8 Å². The molecule has 1 aromatic rings. The van der Waals surface area contributed by atoms with Gasteiger partial charge in [-0.3, -0.25) is 0 Å². The Morgan fingerprint density at radius 3 is 1.88 bits per heavy atom. The van der Waals surface area contributed by atoms with Gasteiger partial charge in [0, 0.05) is 5.02 Å². The highest BCUT2D eigenvalue weighted by Gasteiger charge is 2.04. The molecule has 1 aromatic carbocycles. The molecule has 0 aliphatic rings. The molecule has 0 aromatic heterocycles. The van der Waals surface area contributed by atoms with E-state index in [1.54, 1.807) is 0 Å². The maximum absolute atomic E-state index is 10.5. The molecule has 6 nitrogen and oxygen atoms in total. The minimum absolute atomic E-state index is 0.195. The smallest absolute Gasteiger partial charge is 0.230 e. The first-order chi connectivity index (χ1) is 7.11. The molecule has 0 amide bonds. The summed E-state index contributed by atoms with van der Waals surface area (Å²) in [7, 11) is -3.67. The van der Waals surface area contributed by atoms with E-state index in [2.05, 4.69) is 10.3 Å². The standard InChI is InChI=1S/C6H3Cl2IO2.H4N2O2S/c7-4-1-2-6(9(10)11)5(8)3-4;1-5(2,3)4/h1-3H;(H4,1,2,3,4). The summed E-state index contributed by atoms with van der Waals surface area (Å²) in [6.45, 7) is 0. The Kier molecular flexibility index (Phi) is 6.67. The molecule has 0 aliphatic carbocycles. The summed E-state index contributed by atoms with van der Waals surface area (Å²) in [5, 5.41) is 8.85. The first-order valence-electron chi connectivity index (χ1n) is 3.42. The SMILES string of the molecule is NS(N)(=O)=O.O=I(=O)c1ccc(Cl)cc1Cl. The van der Waals surface area contributed by atoms with Crippen LogP contribution in [0.3, 0.4) is 0 Å². The van der Waals surface area contributed by atoms with E-state index in [9.17, 15) is 14.6 Å². The summed E-state index contributed by atoms with van der Waals surface area (Å²) in [6.07, 6.45) is 0. The van der Waals surface area contributed by atoms with Crippen molar-refractivity contribution in [2.24, 2.45) is 10.3 Å². The zero-order chi connectivity index (χ0) is 12.9. The van der Waals surface area contributed by atoms with Crippen molar-refractivity contribution in [1.29, 1.82) is 0 Å². The summed E-state index contributed by atoms with van der Waals surface area (Å²) in [5.74, 6) is 0. The van der Waals surface area contributed by atoms with Gasteiger partial charge in [-0.1, -0.05) is 23.2 Å². The predicted molar refractivity (Wildman–Crippen MR) is 67.8 cm³/mol. The van der Waals surface area contributed by atoms with Crippen molar-refractivity contribution in [1.82, 2.24) is 0 Å². The van der Waals surface area contributed by atoms with E-state index < -0.39 is 30.0 Å². The van der Waals surface area contributed by atoms with E-state index in [0.29, 0.717) is 5.02 Å². The maximum Gasteiger partial charge on any atom is 0.342 e. The van der Waals surface area contributed by atoms with Gasteiger partial charge in [-0.15, -0.1) is 0 Å². The highest BCUT2D eigenvalue weighted by atomic mass is 127. The summed E-state index contributed by atoms with van der Waals surface area (Å²) in [4.78, 5) is 0. The second-order valence-electron chi connectivity index (χ2n) is 2.36. The van der Waals surface area contributed by atoms with Crippen LogP contribution in [0.15, 0.2) is 18.2 Å². The number of nitrogens with two attached hydrogens (primary N) is 2. The molecule has 0 fully saturated rings. The summed E-state index contributed by atoms with van der Waals surface area (Å²) in [6, 6.07) is 4.33. The fourth-order valence-electron chi connectivity index (χ4n) is 0.596. The molecule has 0 heterocycles. The zero-order valence-corrected chi connectivity index (χ0v) is 12.0. The van der Waals surface area contributed by atoms with Crippen LogP contribution in [-0.4, -0.2) is 8.42 Å². The summed E-state index contributed by atoms with van der Waals surface area (Å²) in [5.41, 5.74) is 0. The summed E-state index contributed by atoms with van der Waals surface area (Å²) >= 11 is 7.69. The molecule has 0 bridgehead atoms. The van der Waals surface area contributed by atoms with Crippen molar-refractivity contribution in [2.75, 3.05) is 0 Å². The molecule has 1 rings (SSSR count). The molecular weight excluding hydrogens is 394 g/mol. The fraction of sp³-hybridized carbons (Fsp3) is 0. The van der Waals surface area contributed by atoms with Gasteiger partial charge >= 0.3 is 19.8 Å². The van der Waals surface area contributed by atoms with Crippen molar-refractivity contribution < 1.29 is 14.6 Å². The first kappa shape index (κ1) is 16.0. The Morgan fingerprint density at radius 2 is 1.56 bits per heavy atom. The highest BCUT2D eigenvalue weighted by Crippen LogP contribution is 2.28. The lowest BCUT2D eigenvalue weighted by molar-refractivity contribution is 0.599. The van der Waals surface area contributed by atoms with E-state index in [1.807, 2.05) is 0 Å². The molecule has 16 heavy (non-hydrogen) atoms. The van der Waals surface area contributed by atoms with Crippen LogP contribution in [-0.2, 0) is 16.3 Å². The molecule has 0 saturated carbocycles. The Morgan fingerprint density at radius 1 is 1.12 bits per heavy atom. The third-order valence-corrected chi connectivity index (χ3v) is 3.80. The molecule has 0 aliphatic heterocycles. The number of hydrogen-bond donors (Lipinski definition) is 2. The van der Waals surface area contributed by atoms with Gasteiger partial charge in [-0.25, -0.2) is 16.4 Å². The van der Waals surface area contributed by atoms with Crippen LogP contribution in [0.1, 0.15) is 0 Å². The molecule has 0 unspecified atom stereocenters. The van der Waals surface area contributed by atoms with Crippen LogP contribution in [0, 0.1) is 3.57 Å². The van der Waals surface area contributed by atoms with Crippen LogP contribution >= 0.6 is 43.0 Å². The normalized spacial score (nSPS) is 10.8. The van der Waals surface area contributed by atoms with Crippen molar-refractivity contribution in [3.8, 4) is 0 Å². The lowest BCUT2D eigenvalue weighted by Crippen LogP contribution is -2.21. The maximum atomic E-state index is 10.5. The molecule has 0 saturated heterocycles. The number of benzene rings is 1. The average Bonchev–Trinajstić information content (AvgIpc) is 1.99. The predicted octanol–water partition coefficient (Wildman–Crippen LogP) is 1.51. The van der Waals surface area contributed by atoms with Gasteiger partial charge in [0.1, 0.15) is 0 Å². The molecular formula is C6H7Cl2IN2O4S. The van der Waals surface area contributed by atoms with Gasteiger partial charge in [0.15, 0.2) is 0 Å². The quantitative estimate of drug-likeness (QED) is 0.548. The van der Waals surface area contributed by atoms with Crippen molar-refractivity contribution in [2.45, 2.75) is 0 Å². The average molecular weight is 401 g/mol. The van der Waals surface area contributed by atoms with Crippen molar-refractivity contribution in [3.63, 3.8) is 0 Å². The largest absolute Gasteiger partial charge is 0.342 e. The van der Waals surface area contributed by atoms with Crippen molar-refractivity contribution >= 4 is 53.2 Å². The number of hydrogen-bond acceptors (Lipinski definition) is 4. The molecule has 0 radical (unpaired) electrons. The minimum atomic E-state index is -3.67. The van der Waals surface area contributed by atoms with E-state index in [-0.39, 0.29) is 8.59 Å². The van der Waals surface area contributed by atoms with Crippen LogP contribution in [0.25, 0.3) is 0 Å². The van der Waals surface area contributed by atoms with Crippen LogP contribution in [0.2, 0.25) is 10.0 Å². The topological polar surface area (TPSA) is 120 Å². The van der Waals surface area contributed by atoms with Gasteiger partial charge < -0.3 is 0 Å². The zero-order valence-electron chi connectivity index (χ0n) is 7.56. The van der Waals surface area contributed by atoms with Gasteiger partial charge in [0.25, 0.3) is 10.2 Å². The third kappa shape index (κ3) is 8.19. The number of rotatable bonds is 1. The third-order valence-electron chi connectivity index (χ3n) is 1.05. The molecule has 92 valence electrons. The first-order valence-corrected chi connectivity index (χ1v) is 8.62.